The summed E-state index contributed by atoms with van der Waals surface area (Å²) in [5.74, 6) is 0.550. The first-order valence-electron chi connectivity index (χ1n) is 7.65. The zero-order valence-corrected chi connectivity index (χ0v) is 12.7. The lowest BCUT2D eigenvalue weighted by Crippen LogP contribution is -2.45. The molecule has 0 saturated carbocycles. The van der Waals surface area contributed by atoms with Gasteiger partial charge in [-0.1, -0.05) is 38.8 Å². The van der Waals surface area contributed by atoms with Crippen LogP contribution < -0.4 is 5.32 Å². The van der Waals surface area contributed by atoms with E-state index in [1.54, 1.807) is 5.57 Å². The molecule has 18 heavy (non-hydrogen) atoms. The van der Waals surface area contributed by atoms with Gasteiger partial charge in [0.2, 0.25) is 0 Å². The summed E-state index contributed by atoms with van der Waals surface area (Å²) in [5.41, 5.74) is 1.58. The predicted molar refractivity (Wildman–Crippen MR) is 78.9 cm³/mol. The third-order valence-corrected chi connectivity index (χ3v) is 3.85. The number of ether oxygens (including phenoxy) is 1. The van der Waals surface area contributed by atoms with E-state index in [2.05, 4.69) is 32.2 Å². The molecule has 1 N–H and O–H groups in total. The second-order valence-corrected chi connectivity index (χ2v) is 5.75. The monoisotopic (exact) mass is 253 g/mol. The molecule has 0 fully saturated rings. The van der Waals surface area contributed by atoms with E-state index in [1.807, 2.05) is 7.11 Å². The topological polar surface area (TPSA) is 21.3 Å². The fraction of sp³-hybridized carbons (Fsp3) is 0.875. The molecule has 2 atom stereocenters. The largest absolute Gasteiger partial charge is 0.379 e. The van der Waals surface area contributed by atoms with Crippen LogP contribution in [-0.4, -0.2) is 25.8 Å². The Bertz CT molecular complexity index is 247. The van der Waals surface area contributed by atoms with Gasteiger partial charge < -0.3 is 10.1 Å². The van der Waals surface area contributed by atoms with Gasteiger partial charge >= 0.3 is 0 Å². The number of allylic oxidation sites excluding steroid dienone is 1. The molecule has 0 aliphatic heterocycles. The Morgan fingerprint density at radius 1 is 1.28 bits per heavy atom. The fourth-order valence-corrected chi connectivity index (χ4v) is 2.87. The molecule has 106 valence electrons. The standard InChI is InChI=1S/C16H31NO/c1-5-12-17-15(16(18-4)13(2)3)14-10-8-6-7-9-11-14/h10,13,15-17H,5-9,11-12H2,1-4H3. The molecule has 0 spiro atoms. The normalized spacial score (nSPS) is 20.4. The van der Waals surface area contributed by atoms with E-state index in [-0.39, 0.29) is 0 Å². The van der Waals surface area contributed by atoms with E-state index in [4.69, 9.17) is 4.74 Å². The zero-order valence-electron chi connectivity index (χ0n) is 12.7. The number of methoxy groups -OCH3 is 1. The minimum atomic E-state index is 0.292. The van der Waals surface area contributed by atoms with Crippen molar-refractivity contribution in [2.24, 2.45) is 5.92 Å². The van der Waals surface area contributed by atoms with Crippen LogP contribution in [0.1, 0.15) is 59.3 Å². The average Bonchev–Trinajstić information content (AvgIpc) is 2.62. The molecule has 0 amide bonds. The molecule has 0 bridgehead atoms. The van der Waals surface area contributed by atoms with Gasteiger partial charge in [-0.05, 0) is 44.6 Å². The van der Waals surface area contributed by atoms with Crippen molar-refractivity contribution in [2.45, 2.75) is 71.4 Å². The maximum Gasteiger partial charge on any atom is 0.0785 e. The molecule has 2 unspecified atom stereocenters. The second-order valence-electron chi connectivity index (χ2n) is 5.75. The molecule has 1 rings (SSSR count). The molecular weight excluding hydrogens is 222 g/mol. The third-order valence-electron chi connectivity index (χ3n) is 3.85. The first kappa shape index (κ1) is 15.7. The number of rotatable bonds is 7. The van der Waals surface area contributed by atoms with Gasteiger partial charge in [-0.2, -0.15) is 0 Å². The van der Waals surface area contributed by atoms with Crippen molar-refractivity contribution < 1.29 is 4.74 Å². The summed E-state index contributed by atoms with van der Waals surface area (Å²) in [5, 5.41) is 3.71. The Morgan fingerprint density at radius 2 is 2.06 bits per heavy atom. The minimum absolute atomic E-state index is 0.292. The van der Waals surface area contributed by atoms with Crippen LogP contribution in [-0.2, 0) is 4.74 Å². The van der Waals surface area contributed by atoms with Crippen LogP contribution in [0, 0.1) is 5.92 Å². The zero-order chi connectivity index (χ0) is 13.4. The van der Waals surface area contributed by atoms with Crippen LogP contribution in [0.5, 0.6) is 0 Å². The lowest BCUT2D eigenvalue weighted by atomic mass is 9.90. The van der Waals surface area contributed by atoms with Crippen LogP contribution >= 0.6 is 0 Å². The first-order chi connectivity index (χ1) is 8.70. The quantitative estimate of drug-likeness (QED) is 0.694. The molecule has 1 aliphatic rings. The lowest BCUT2D eigenvalue weighted by Gasteiger charge is -2.32. The third kappa shape index (κ3) is 4.74. The molecule has 0 saturated heterocycles. The van der Waals surface area contributed by atoms with Gasteiger partial charge in [0.1, 0.15) is 0 Å². The van der Waals surface area contributed by atoms with Crippen LogP contribution in [0.2, 0.25) is 0 Å². The molecule has 0 aromatic carbocycles. The van der Waals surface area contributed by atoms with Gasteiger partial charge in [0.15, 0.2) is 0 Å². The van der Waals surface area contributed by atoms with Crippen molar-refractivity contribution in [1.82, 2.24) is 5.32 Å². The van der Waals surface area contributed by atoms with Crippen LogP contribution in [0.3, 0.4) is 0 Å². The number of hydrogen-bond donors (Lipinski definition) is 1. The molecule has 0 aromatic heterocycles. The van der Waals surface area contributed by atoms with Crippen LogP contribution in [0.4, 0.5) is 0 Å². The molecule has 2 heteroatoms. The fourth-order valence-electron chi connectivity index (χ4n) is 2.87. The molecular formula is C16H31NO. The maximum atomic E-state index is 5.76. The SMILES string of the molecule is CCCNC(C1=CCCCCC1)C(OC)C(C)C. The van der Waals surface area contributed by atoms with Gasteiger partial charge in [0, 0.05) is 7.11 Å². The Labute approximate surface area is 113 Å². The Hall–Kier alpha value is -0.340. The highest BCUT2D eigenvalue weighted by molar-refractivity contribution is 5.15. The van der Waals surface area contributed by atoms with E-state index in [9.17, 15) is 0 Å². The highest BCUT2D eigenvalue weighted by Gasteiger charge is 2.27. The number of hydrogen-bond acceptors (Lipinski definition) is 2. The Morgan fingerprint density at radius 3 is 2.67 bits per heavy atom. The summed E-state index contributed by atoms with van der Waals surface area (Å²) < 4.78 is 5.76. The average molecular weight is 253 g/mol. The molecule has 0 heterocycles. The molecule has 0 aromatic rings. The summed E-state index contributed by atoms with van der Waals surface area (Å²) >= 11 is 0. The van der Waals surface area contributed by atoms with E-state index in [0.29, 0.717) is 18.1 Å². The summed E-state index contributed by atoms with van der Waals surface area (Å²) in [6, 6.07) is 0.410. The van der Waals surface area contributed by atoms with Gasteiger partial charge in [0.25, 0.3) is 0 Å². The molecule has 0 radical (unpaired) electrons. The van der Waals surface area contributed by atoms with Gasteiger partial charge in [-0.3, -0.25) is 0 Å². The van der Waals surface area contributed by atoms with E-state index in [0.717, 1.165) is 6.54 Å². The van der Waals surface area contributed by atoms with E-state index < -0.39 is 0 Å². The summed E-state index contributed by atoms with van der Waals surface area (Å²) in [7, 11) is 1.85. The van der Waals surface area contributed by atoms with Crippen molar-refractivity contribution in [3.8, 4) is 0 Å². The van der Waals surface area contributed by atoms with Crippen molar-refractivity contribution in [3.63, 3.8) is 0 Å². The van der Waals surface area contributed by atoms with Gasteiger partial charge in [-0.25, -0.2) is 0 Å². The molecule has 2 nitrogen and oxygen atoms in total. The minimum Gasteiger partial charge on any atom is -0.379 e. The van der Waals surface area contributed by atoms with Gasteiger partial charge in [-0.15, -0.1) is 0 Å². The van der Waals surface area contributed by atoms with E-state index >= 15 is 0 Å². The summed E-state index contributed by atoms with van der Waals surface area (Å²) in [6.45, 7) is 7.81. The number of nitrogens with one attached hydrogen (secondary N) is 1. The highest BCUT2D eigenvalue weighted by atomic mass is 16.5. The van der Waals surface area contributed by atoms with Gasteiger partial charge in [0.05, 0.1) is 12.1 Å². The smallest absolute Gasteiger partial charge is 0.0785 e. The Balaban J connectivity index is 2.77. The van der Waals surface area contributed by atoms with Crippen LogP contribution in [0.25, 0.3) is 0 Å². The van der Waals surface area contributed by atoms with Crippen molar-refractivity contribution in [3.05, 3.63) is 11.6 Å². The van der Waals surface area contributed by atoms with Crippen molar-refractivity contribution >= 4 is 0 Å². The summed E-state index contributed by atoms with van der Waals surface area (Å²) in [4.78, 5) is 0. The summed E-state index contributed by atoms with van der Waals surface area (Å²) in [6.07, 6.45) is 10.5. The maximum absolute atomic E-state index is 5.76. The van der Waals surface area contributed by atoms with Crippen molar-refractivity contribution in [1.29, 1.82) is 0 Å². The highest BCUT2D eigenvalue weighted by Crippen LogP contribution is 2.25. The Kier molecular flexibility index (Phi) is 7.60. The predicted octanol–water partition coefficient (Wildman–Crippen LogP) is 3.92. The first-order valence-corrected chi connectivity index (χ1v) is 7.65. The lowest BCUT2D eigenvalue weighted by molar-refractivity contribution is 0.0421. The molecule has 1 aliphatic carbocycles. The van der Waals surface area contributed by atoms with E-state index in [1.165, 1.54) is 38.5 Å². The second kappa shape index (κ2) is 8.71. The van der Waals surface area contributed by atoms with Crippen LogP contribution in [0.15, 0.2) is 11.6 Å². The van der Waals surface area contributed by atoms with Crippen molar-refractivity contribution in [2.75, 3.05) is 13.7 Å².